The Bertz CT molecular complexity index is 1040. The Labute approximate surface area is 148 Å². The normalized spacial score (nSPS) is 16.2. The molecule has 5 rings (SSSR count). The van der Waals surface area contributed by atoms with Gasteiger partial charge >= 0.3 is 0 Å². The van der Waals surface area contributed by atoms with Crippen molar-refractivity contribution in [2.45, 2.75) is 32.6 Å². The minimum Gasteiger partial charge on any atom is -0.441 e. The molecule has 4 aromatic rings. The summed E-state index contributed by atoms with van der Waals surface area (Å²) in [4.78, 5) is 10.2. The predicted octanol–water partition coefficient (Wildman–Crippen LogP) is 3.68. The molecule has 3 aromatic heterocycles. The number of rotatable bonds is 2. The van der Waals surface area contributed by atoms with Crippen LogP contribution in [-0.4, -0.2) is 32.7 Å². The van der Waals surface area contributed by atoms with Crippen molar-refractivity contribution in [3.8, 4) is 10.6 Å². The number of hydrogen-bond acceptors (Lipinski definition) is 6. The van der Waals surface area contributed by atoms with E-state index in [-0.39, 0.29) is 0 Å². The molecule has 0 aliphatic carbocycles. The maximum atomic E-state index is 5.70. The zero-order valence-electron chi connectivity index (χ0n) is 14.2. The number of oxazole rings is 1. The van der Waals surface area contributed by atoms with Crippen LogP contribution in [0.1, 0.15) is 35.9 Å². The zero-order valence-corrected chi connectivity index (χ0v) is 15.1. The summed E-state index contributed by atoms with van der Waals surface area (Å²) in [6.45, 7) is 6.08. The average molecular weight is 353 g/mol. The van der Waals surface area contributed by atoms with Crippen LogP contribution in [0.5, 0.6) is 0 Å². The van der Waals surface area contributed by atoms with Gasteiger partial charge in [0.25, 0.3) is 0 Å². The number of hydrogen-bond donors (Lipinski definition) is 1. The summed E-state index contributed by atoms with van der Waals surface area (Å²) in [5.74, 6) is 1.24. The van der Waals surface area contributed by atoms with Crippen LogP contribution in [0.25, 0.3) is 26.6 Å². The average Bonchev–Trinajstić information content (AvgIpc) is 3.27. The van der Waals surface area contributed by atoms with Crippen LogP contribution >= 0.6 is 11.3 Å². The minimum absolute atomic E-state index is 0.550. The van der Waals surface area contributed by atoms with E-state index in [0.29, 0.717) is 11.8 Å². The Morgan fingerprint density at radius 1 is 1.20 bits per heavy atom. The van der Waals surface area contributed by atoms with Crippen LogP contribution < -0.4 is 5.32 Å². The summed E-state index contributed by atoms with van der Waals surface area (Å²) >= 11 is 1.62. The van der Waals surface area contributed by atoms with Crippen molar-refractivity contribution in [2.24, 2.45) is 0 Å². The largest absolute Gasteiger partial charge is 0.441 e. The van der Waals surface area contributed by atoms with E-state index in [1.165, 1.54) is 5.69 Å². The van der Waals surface area contributed by atoms with E-state index < -0.39 is 0 Å². The van der Waals surface area contributed by atoms with Crippen molar-refractivity contribution >= 4 is 27.4 Å². The lowest BCUT2D eigenvalue weighted by atomic mass is 9.95. The number of nitrogens with zero attached hydrogens (tertiary/aromatic N) is 4. The number of aromatic nitrogens is 4. The molecule has 1 aromatic carbocycles. The molecule has 128 valence electrons. The Morgan fingerprint density at radius 2 is 2.04 bits per heavy atom. The monoisotopic (exact) mass is 353 g/mol. The fourth-order valence-corrected chi connectivity index (χ4v) is 4.45. The lowest BCUT2D eigenvalue weighted by Gasteiger charge is -2.20. The molecular formula is C18H19N5OS. The highest BCUT2D eigenvalue weighted by Gasteiger charge is 2.20. The van der Waals surface area contributed by atoms with Crippen molar-refractivity contribution in [3.05, 3.63) is 35.5 Å². The van der Waals surface area contributed by atoms with E-state index in [1.807, 2.05) is 17.5 Å². The number of benzene rings is 1. The van der Waals surface area contributed by atoms with Gasteiger partial charge in [-0.25, -0.2) is 14.5 Å². The van der Waals surface area contributed by atoms with Crippen LogP contribution in [0.2, 0.25) is 0 Å². The highest BCUT2D eigenvalue weighted by Crippen LogP contribution is 2.32. The standard InChI is InChI=1S/C18H19N5OS/c1-10-7-13(8-15-16(10)20-11(2)24-15)17-22-23-9-14(21-18(23)25-17)12-3-5-19-6-4-12/h7-9,12,19H,3-6H2,1-2H3. The summed E-state index contributed by atoms with van der Waals surface area (Å²) in [6, 6.07) is 4.14. The van der Waals surface area contributed by atoms with E-state index in [9.17, 15) is 0 Å². The molecule has 0 saturated carbocycles. The molecule has 0 amide bonds. The summed E-state index contributed by atoms with van der Waals surface area (Å²) in [5, 5.41) is 9.11. The maximum absolute atomic E-state index is 5.70. The SMILES string of the molecule is Cc1nc2c(C)cc(-c3nn4cc(C5CCNCC5)nc4s3)cc2o1. The van der Waals surface area contributed by atoms with Gasteiger partial charge in [-0.3, -0.25) is 0 Å². The van der Waals surface area contributed by atoms with E-state index in [4.69, 9.17) is 14.5 Å². The summed E-state index contributed by atoms with van der Waals surface area (Å²) in [6.07, 6.45) is 4.39. The number of aryl methyl sites for hydroxylation is 2. The third-order valence-electron chi connectivity index (χ3n) is 4.86. The van der Waals surface area contributed by atoms with Crippen LogP contribution in [0, 0.1) is 13.8 Å². The van der Waals surface area contributed by atoms with Crippen molar-refractivity contribution in [1.82, 2.24) is 24.9 Å². The van der Waals surface area contributed by atoms with Gasteiger partial charge < -0.3 is 9.73 Å². The summed E-state index contributed by atoms with van der Waals surface area (Å²) < 4.78 is 7.62. The molecule has 0 atom stereocenters. The second-order valence-corrected chi connectivity index (χ2v) is 7.65. The van der Waals surface area contributed by atoms with Crippen LogP contribution in [0.15, 0.2) is 22.7 Å². The fraction of sp³-hybridized carbons (Fsp3) is 0.389. The summed E-state index contributed by atoms with van der Waals surface area (Å²) in [7, 11) is 0. The zero-order chi connectivity index (χ0) is 17.0. The molecule has 0 radical (unpaired) electrons. The van der Waals surface area contributed by atoms with Crippen LogP contribution in [0.3, 0.4) is 0 Å². The van der Waals surface area contributed by atoms with E-state index in [2.05, 4.69) is 29.5 Å². The van der Waals surface area contributed by atoms with Crippen LogP contribution in [0.4, 0.5) is 0 Å². The lowest BCUT2D eigenvalue weighted by molar-refractivity contribution is 0.454. The van der Waals surface area contributed by atoms with Crippen molar-refractivity contribution in [1.29, 1.82) is 0 Å². The fourth-order valence-electron chi connectivity index (χ4n) is 3.58. The molecule has 7 heteroatoms. The van der Waals surface area contributed by atoms with Crippen molar-refractivity contribution in [3.63, 3.8) is 0 Å². The molecule has 6 nitrogen and oxygen atoms in total. The minimum atomic E-state index is 0.550. The van der Waals surface area contributed by atoms with Gasteiger partial charge in [0.1, 0.15) is 10.5 Å². The van der Waals surface area contributed by atoms with Gasteiger partial charge in [-0.1, -0.05) is 11.3 Å². The Balaban J connectivity index is 1.53. The Morgan fingerprint density at radius 3 is 2.84 bits per heavy atom. The van der Waals surface area contributed by atoms with Gasteiger partial charge in [-0.05, 0) is 50.6 Å². The van der Waals surface area contributed by atoms with E-state index in [1.54, 1.807) is 11.3 Å². The number of nitrogens with one attached hydrogen (secondary N) is 1. The first-order valence-corrected chi connectivity index (χ1v) is 9.44. The topological polar surface area (TPSA) is 68.2 Å². The molecule has 0 unspecified atom stereocenters. The summed E-state index contributed by atoms with van der Waals surface area (Å²) in [5.41, 5.74) is 5.07. The number of piperidine rings is 1. The van der Waals surface area contributed by atoms with E-state index >= 15 is 0 Å². The highest BCUT2D eigenvalue weighted by atomic mass is 32.1. The first kappa shape index (κ1) is 15.0. The third-order valence-corrected chi connectivity index (χ3v) is 5.83. The first-order chi connectivity index (χ1) is 12.2. The highest BCUT2D eigenvalue weighted by molar-refractivity contribution is 7.19. The molecule has 25 heavy (non-hydrogen) atoms. The van der Waals surface area contributed by atoms with Gasteiger partial charge in [0.15, 0.2) is 11.5 Å². The van der Waals surface area contributed by atoms with Crippen LogP contribution in [-0.2, 0) is 0 Å². The third kappa shape index (κ3) is 2.54. The molecule has 1 aliphatic rings. The second-order valence-electron chi connectivity index (χ2n) is 6.70. The van der Waals surface area contributed by atoms with Crippen molar-refractivity contribution in [2.75, 3.05) is 13.1 Å². The Kier molecular flexibility index (Phi) is 3.39. The molecule has 0 bridgehead atoms. The van der Waals surface area contributed by atoms with Gasteiger partial charge in [0.2, 0.25) is 4.96 Å². The van der Waals surface area contributed by atoms with Gasteiger partial charge in [-0.15, -0.1) is 0 Å². The maximum Gasteiger partial charge on any atom is 0.212 e. The molecule has 1 saturated heterocycles. The van der Waals surface area contributed by atoms with E-state index in [0.717, 1.165) is 58.1 Å². The van der Waals surface area contributed by atoms with Gasteiger partial charge in [0.05, 0.1) is 11.9 Å². The molecule has 1 aliphatic heterocycles. The number of imidazole rings is 1. The number of fused-ring (bicyclic) bond motifs is 2. The second kappa shape index (κ2) is 5.64. The lowest BCUT2D eigenvalue weighted by Crippen LogP contribution is -2.26. The molecule has 0 spiro atoms. The molecule has 1 N–H and O–H groups in total. The molecule has 4 heterocycles. The predicted molar refractivity (Wildman–Crippen MR) is 98.2 cm³/mol. The van der Waals surface area contributed by atoms with Gasteiger partial charge in [0, 0.05) is 18.4 Å². The molecule has 1 fully saturated rings. The first-order valence-electron chi connectivity index (χ1n) is 8.62. The Hall–Kier alpha value is -2.25. The van der Waals surface area contributed by atoms with Gasteiger partial charge in [-0.2, -0.15) is 5.10 Å². The van der Waals surface area contributed by atoms with Crippen molar-refractivity contribution < 1.29 is 4.42 Å². The quantitative estimate of drug-likeness (QED) is 0.595. The smallest absolute Gasteiger partial charge is 0.212 e. The molecular weight excluding hydrogens is 334 g/mol.